The minimum Gasteiger partial charge on any atom is -0.490 e. The number of nitrogens with zero attached hydrogens (tertiary/aromatic N) is 3. The van der Waals surface area contributed by atoms with Gasteiger partial charge in [-0.25, -0.2) is 10.4 Å². The van der Waals surface area contributed by atoms with Gasteiger partial charge in [-0.3, -0.25) is 19.9 Å². The lowest BCUT2D eigenvalue weighted by Gasteiger charge is -2.12. The number of fused-ring (bicyclic) bond motifs is 1. The minimum absolute atomic E-state index is 0.0268. The number of nitro groups is 1. The third-order valence-electron chi connectivity index (χ3n) is 4.81. The highest BCUT2D eigenvalue weighted by molar-refractivity contribution is 5.82. The molecule has 10 nitrogen and oxygen atoms in total. The summed E-state index contributed by atoms with van der Waals surface area (Å²) in [7, 11) is 0. The fourth-order valence-corrected chi connectivity index (χ4v) is 3.17. The van der Waals surface area contributed by atoms with Crippen LogP contribution in [0.15, 0.2) is 76.6 Å². The lowest BCUT2D eigenvalue weighted by molar-refractivity contribution is -0.384. The quantitative estimate of drug-likeness (QED) is 0.217. The van der Waals surface area contributed by atoms with Crippen LogP contribution in [0.2, 0.25) is 0 Å². The molecule has 4 rings (SSSR count). The van der Waals surface area contributed by atoms with E-state index in [2.05, 4.69) is 20.5 Å². The number of rotatable bonds is 9. The summed E-state index contributed by atoms with van der Waals surface area (Å²) in [5, 5.41) is 15.4. The number of H-pyrrole nitrogens is 1. The molecule has 0 fully saturated rings. The summed E-state index contributed by atoms with van der Waals surface area (Å²) >= 11 is 0. The smallest absolute Gasteiger partial charge is 0.269 e. The van der Waals surface area contributed by atoms with Crippen LogP contribution in [0, 0.1) is 10.1 Å². The van der Waals surface area contributed by atoms with E-state index >= 15 is 0 Å². The van der Waals surface area contributed by atoms with Crippen LogP contribution >= 0.6 is 0 Å². The zero-order valence-corrected chi connectivity index (χ0v) is 18.2. The molecule has 172 valence electrons. The van der Waals surface area contributed by atoms with Gasteiger partial charge in [0, 0.05) is 12.1 Å². The summed E-state index contributed by atoms with van der Waals surface area (Å²) in [6, 6.07) is 18.5. The van der Waals surface area contributed by atoms with Crippen molar-refractivity contribution >= 4 is 28.8 Å². The van der Waals surface area contributed by atoms with Crippen LogP contribution < -0.4 is 20.5 Å². The van der Waals surface area contributed by atoms with E-state index in [1.165, 1.54) is 12.1 Å². The maximum Gasteiger partial charge on any atom is 0.269 e. The Labute approximate surface area is 194 Å². The normalized spacial score (nSPS) is 11.0. The summed E-state index contributed by atoms with van der Waals surface area (Å²) in [6.07, 6.45) is 1.57. The lowest BCUT2D eigenvalue weighted by atomic mass is 10.2. The van der Waals surface area contributed by atoms with Crippen molar-refractivity contribution < 1.29 is 14.4 Å². The Morgan fingerprint density at radius 2 is 1.88 bits per heavy atom. The zero-order chi connectivity index (χ0) is 23.9. The molecule has 0 saturated heterocycles. The number of aromatic amines is 1. The van der Waals surface area contributed by atoms with E-state index in [0.717, 1.165) is 11.1 Å². The van der Waals surface area contributed by atoms with Gasteiger partial charge in [-0.05, 0) is 60.5 Å². The molecule has 0 saturated carbocycles. The molecule has 1 heterocycles. The van der Waals surface area contributed by atoms with E-state index < -0.39 is 4.92 Å². The van der Waals surface area contributed by atoms with Crippen molar-refractivity contribution in [2.45, 2.75) is 13.5 Å². The summed E-state index contributed by atoms with van der Waals surface area (Å²) in [6.45, 7) is 2.53. The van der Waals surface area contributed by atoms with Gasteiger partial charge in [0.15, 0.2) is 11.5 Å². The summed E-state index contributed by atoms with van der Waals surface area (Å²) in [5.41, 5.74) is 4.60. The van der Waals surface area contributed by atoms with Crippen LogP contribution in [-0.2, 0) is 6.61 Å². The van der Waals surface area contributed by atoms with E-state index in [1.807, 2.05) is 13.0 Å². The van der Waals surface area contributed by atoms with Gasteiger partial charge in [-0.1, -0.05) is 12.1 Å². The van der Waals surface area contributed by atoms with Gasteiger partial charge in [0.1, 0.15) is 6.61 Å². The second kappa shape index (κ2) is 10.3. The molecule has 0 unspecified atom stereocenters. The highest BCUT2D eigenvalue weighted by atomic mass is 16.6. The fourth-order valence-electron chi connectivity index (χ4n) is 3.17. The lowest BCUT2D eigenvalue weighted by Crippen LogP contribution is -2.11. The molecule has 0 amide bonds. The number of hydrazone groups is 1. The molecule has 1 aromatic heterocycles. The second-order valence-electron chi connectivity index (χ2n) is 7.15. The number of para-hydroxylation sites is 1. The number of nitrogens with one attached hydrogen (secondary N) is 2. The highest BCUT2D eigenvalue weighted by Crippen LogP contribution is 2.29. The van der Waals surface area contributed by atoms with E-state index in [9.17, 15) is 14.9 Å². The first-order valence-electron chi connectivity index (χ1n) is 10.4. The summed E-state index contributed by atoms with van der Waals surface area (Å²) < 4.78 is 11.5. The monoisotopic (exact) mass is 459 g/mol. The molecule has 4 aromatic rings. The number of hydrogen-bond donors (Lipinski definition) is 2. The van der Waals surface area contributed by atoms with Gasteiger partial charge < -0.3 is 9.47 Å². The number of ether oxygens (including phenoxy) is 2. The van der Waals surface area contributed by atoms with Crippen molar-refractivity contribution in [1.29, 1.82) is 0 Å². The Morgan fingerprint density at radius 3 is 2.65 bits per heavy atom. The maximum atomic E-state index is 12.1. The molecule has 3 aromatic carbocycles. The van der Waals surface area contributed by atoms with Gasteiger partial charge in [0.2, 0.25) is 5.95 Å². The number of anilines is 1. The van der Waals surface area contributed by atoms with Gasteiger partial charge in [0.05, 0.1) is 28.6 Å². The van der Waals surface area contributed by atoms with Gasteiger partial charge in [-0.15, -0.1) is 0 Å². The topological polar surface area (TPSA) is 132 Å². The van der Waals surface area contributed by atoms with Crippen molar-refractivity contribution in [3.8, 4) is 11.5 Å². The molecule has 0 aliphatic heterocycles. The van der Waals surface area contributed by atoms with Gasteiger partial charge in [0.25, 0.3) is 11.2 Å². The van der Waals surface area contributed by atoms with Crippen molar-refractivity contribution in [2.75, 3.05) is 12.0 Å². The molecular formula is C24H21N5O5. The second-order valence-corrected chi connectivity index (χ2v) is 7.15. The predicted octanol–water partition coefficient (Wildman–Crippen LogP) is 4.26. The van der Waals surface area contributed by atoms with E-state index in [1.54, 1.807) is 54.7 Å². The molecule has 2 N–H and O–H groups in total. The number of hydrogen-bond acceptors (Lipinski definition) is 8. The van der Waals surface area contributed by atoms with E-state index in [4.69, 9.17) is 9.47 Å². The Morgan fingerprint density at radius 1 is 1.09 bits per heavy atom. The zero-order valence-electron chi connectivity index (χ0n) is 18.2. The average Bonchev–Trinajstić information content (AvgIpc) is 2.84. The summed E-state index contributed by atoms with van der Waals surface area (Å²) in [5.74, 6) is 1.30. The van der Waals surface area contributed by atoms with E-state index in [-0.39, 0.29) is 23.8 Å². The molecular weight excluding hydrogens is 438 g/mol. The Hall–Kier alpha value is -4.73. The van der Waals surface area contributed by atoms with Crippen LogP contribution in [-0.4, -0.2) is 27.7 Å². The minimum atomic E-state index is -0.444. The maximum absolute atomic E-state index is 12.1. The third kappa shape index (κ3) is 5.36. The highest BCUT2D eigenvalue weighted by Gasteiger charge is 2.08. The first-order chi connectivity index (χ1) is 16.5. The van der Waals surface area contributed by atoms with Crippen molar-refractivity contribution in [1.82, 2.24) is 9.97 Å². The van der Waals surface area contributed by atoms with Crippen molar-refractivity contribution in [3.63, 3.8) is 0 Å². The van der Waals surface area contributed by atoms with Gasteiger partial charge >= 0.3 is 0 Å². The van der Waals surface area contributed by atoms with Crippen LogP contribution in [0.4, 0.5) is 11.6 Å². The predicted molar refractivity (Wildman–Crippen MR) is 129 cm³/mol. The Balaban J connectivity index is 1.44. The molecule has 0 radical (unpaired) electrons. The van der Waals surface area contributed by atoms with Crippen molar-refractivity contribution in [3.05, 3.63) is 98.3 Å². The molecule has 10 heteroatoms. The molecule has 0 bridgehead atoms. The molecule has 0 spiro atoms. The first-order valence-corrected chi connectivity index (χ1v) is 10.4. The molecule has 0 atom stereocenters. The molecule has 0 aliphatic rings. The van der Waals surface area contributed by atoms with Crippen LogP contribution in [0.25, 0.3) is 10.9 Å². The van der Waals surface area contributed by atoms with Crippen LogP contribution in [0.3, 0.4) is 0 Å². The third-order valence-corrected chi connectivity index (χ3v) is 4.81. The summed E-state index contributed by atoms with van der Waals surface area (Å²) in [4.78, 5) is 29.5. The average molecular weight is 459 g/mol. The van der Waals surface area contributed by atoms with Gasteiger partial charge in [-0.2, -0.15) is 5.10 Å². The Kier molecular flexibility index (Phi) is 6.78. The molecule has 0 aliphatic carbocycles. The van der Waals surface area contributed by atoms with Crippen molar-refractivity contribution in [2.24, 2.45) is 5.10 Å². The molecule has 34 heavy (non-hydrogen) atoms. The SMILES string of the molecule is CCOc1cc(C=NNc2nc3ccccc3c(=O)[nH]2)ccc1OCc1ccc([N+](=O)[O-])cc1. The number of benzene rings is 3. The fraction of sp³-hybridized carbons (Fsp3) is 0.125. The number of aromatic nitrogens is 2. The Bertz CT molecular complexity index is 1400. The number of non-ortho nitro benzene ring substituents is 1. The van der Waals surface area contributed by atoms with Crippen LogP contribution in [0.5, 0.6) is 11.5 Å². The van der Waals surface area contributed by atoms with Crippen LogP contribution in [0.1, 0.15) is 18.1 Å². The standard InChI is InChI=1S/C24H21N5O5/c1-2-33-22-13-17(9-12-21(22)34-15-16-7-10-18(11-8-16)29(31)32)14-25-28-24-26-20-6-4-3-5-19(20)23(30)27-24/h3-14H,2,15H2,1H3,(H2,26,27,28,30). The largest absolute Gasteiger partial charge is 0.490 e. The number of nitro benzene ring substituents is 1. The van der Waals surface area contributed by atoms with E-state index in [0.29, 0.717) is 29.0 Å². The first kappa shape index (κ1) is 22.5.